The molecule has 1 saturated heterocycles. The van der Waals surface area contributed by atoms with E-state index in [-0.39, 0.29) is 5.92 Å². The molecule has 1 atom stereocenters. The third-order valence-electron chi connectivity index (χ3n) is 4.19. The van der Waals surface area contributed by atoms with Gasteiger partial charge in [-0.25, -0.2) is 0 Å². The Hall–Kier alpha value is -2.08. The van der Waals surface area contributed by atoms with Crippen LogP contribution < -0.4 is 4.90 Å². The van der Waals surface area contributed by atoms with Crippen molar-refractivity contribution in [3.8, 4) is 6.07 Å². The highest BCUT2D eigenvalue weighted by molar-refractivity contribution is 5.82. The first-order chi connectivity index (χ1) is 10.3. The van der Waals surface area contributed by atoms with Crippen LogP contribution in [-0.4, -0.2) is 18.1 Å². The van der Waals surface area contributed by atoms with Gasteiger partial charge < -0.3 is 4.90 Å². The molecule has 1 aliphatic rings. The van der Waals surface area contributed by atoms with Crippen molar-refractivity contribution in [1.29, 1.82) is 5.26 Å². The van der Waals surface area contributed by atoms with E-state index in [4.69, 9.17) is 5.26 Å². The summed E-state index contributed by atoms with van der Waals surface area (Å²) in [5.74, 6) is 0.0163. The number of rotatable bonds is 3. The number of pyridine rings is 1. The lowest BCUT2D eigenvalue weighted by Crippen LogP contribution is -2.29. The van der Waals surface area contributed by atoms with Gasteiger partial charge in [0.15, 0.2) is 0 Å². The molecule has 0 bridgehead atoms. The highest BCUT2D eigenvalue weighted by atomic mass is 15.1. The SMILES string of the molecule is CC(C#N)Cc1ccc2cc(N3CCCCC3)ccc2n1. The van der Waals surface area contributed by atoms with Crippen molar-refractivity contribution in [3.63, 3.8) is 0 Å². The van der Waals surface area contributed by atoms with E-state index < -0.39 is 0 Å². The number of hydrogen-bond donors (Lipinski definition) is 0. The normalized spacial score (nSPS) is 16.7. The quantitative estimate of drug-likeness (QED) is 0.854. The van der Waals surface area contributed by atoms with Crippen LogP contribution >= 0.6 is 0 Å². The molecule has 0 spiro atoms. The van der Waals surface area contributed by atoms with Crippen LogP contribution in [0.3, 0.4) is 0 Å². The van der Waals surface area contributed by atoms with Crippen LogP contribution in [-0.2, 0) is 6.42 Å². The number of nitriles is 1. The maximum Gasteiger partial charge on any atom is 0.0706 e. The fourth-order valence-corrected chi connectivity index (χ4v) is 2.98. The largest absolute Gasteiger partial charge is 0.372 e. The van der Waals surface area contributed by atoms with Gasteiger partial charge in [0.1, 0.15) is 0 Å². The maximum atomic E-state index is 8.91. The summed E-state index contributed by atoms with van der Waals surface area (Å²) in [4.78, 5) is 7.15. The van der Waals surface area contributed by atoms with Crippen molar-refractivity contribution in [2.24, 2.45) is 5.92 Å². The fraction of sp³-hybridized carbons (Fsp3) is 0.444. The van der Waals surface area contributed by atoms with E-state index in [1.54, 1.807) is 0 Å². The number of piperidine rings is 1. The number of benzene rings is 1. The Morgan fingerprint density at radius 3 is 2.76 bits per heavy atom. The Morgan fingerprint density at radius 2 is 2.00 bits per heavy atom. The molecule has 1 fully saturated rings. The van der Waals surface area contributed by atoms with Crippen molar-refractivity contribution in [3.05, 3.63) is 36.0 Å². The average Bonchev–Trinajstić information content (AvgIpc) is 2.55. The third kappa shape index (κ3) is 3.16. The second-order valence-corrected chi connectivity index (χ2v) is 5.96. The molecule has 0 amide bonds. The molecule has 0 N–H and O–H groups in total. The van der Waals surface area contributed by atoms with E-state index in [2.05, 4.69) is 46.3 Å². The van der Waals surface area contributed by atoms with Crippen LogP contribution in [0, 0.1) is 17.2 Å². The summed E-state index contributed by atoms with van der Waals surface area (Å²) in [6.07, 6.45) is 4.66. The summed E-state index contributed by atoms with van der Waals surface area (Å²) in [6.45, 7) is 4.26. The van der Waals surface area contributed by atoms with Gasteiger partial charge in [-0.05, 0) is 50.5 Å². The first-order valence-electron chi connectivity index (χ1n) is 7.80. The lowest BCUT2D eigenvalue weighted by Gasteiger charge is -2.29. The first-order valence-corrected chi connectivity index (χ1v) is 7.80. The molecule has 0 aliphatic carbocycles. The summed E-state index contributed by atoms with van der Waals surface area (Å²) in [5.41, 5.74) is 3.34. The summed E-state index contributed by atoms with van der Waals surface area (Å²) in [5, 5.41) is 10.1. The van der Waals surface area contributed by atoms with E-state index in [1.807, 2.05) is 6.92 Å². The Kier molecular flexibility index (Phi) is 4.06. The van der Waals surface area contributed by atoms with Gasteiger partial charge in [-0.3, -0.25) is 4.98 Å². The maximum absolute atomic E-state index is 8.91. The van der Waals surface area contributed by atoms with E-state index in [0.29, 0.717) is 0 Å². The van der Waals surface area contributed by atoms with Crippen molar-refractivity contribution in [1.82, 2.24) is 4.98 Å². The van der Waals surface area contributed by atoms with Crippen molar-refractivity contribution in [2.75, 3.05) is 18.0 Å². The Balaban J connectivity index is 1.85. The molecular weight excluding hydrogens is 258 g/mol. The molecular formula is C18H21N3. The van der Waals surface area contributed by atoms with Gasteiger partial charge in [-0.15, -0.1) is 0 Å². The van der Waals surface area contributed by atoms with Gasteiger partial charge in [0, 0.05) is 42.2 Å². The van der Waals surface area contributed by atoms with Gasteiger partial charge in [-0.2, -0.15) is 5.26 Å². The topological polar surface area (TPSA) is 39.9 Å². The van der Waals surface area contributed by atoms with E-state index >= 15 is 0 Å². The zero-order valence-electron chi connectivity index (χ0n) is 12.5. The molecule has 1 unspecified atom stereocenters. The van der Waals surface area contributed by atoms with Gasteiger partial charge in [0.2, 0.25) is 0 Å². The van der Waals surface area contributed by atoms with E-state index in [1.165, 1.54) is 30.3 Å². The lowest BCUT2D eigenvalue weighted by molar-refractivity contribution is 0.578. The Labute approximate surface area is 126 Å². The van der Waals surface area contributed by atoms with Crippen molar-refractivity contribution >= 4 is 16.6 Å². The van der Waals surface area contributed by atoms with Crippen LogP contribution in [0.2, 0.25) is 0 Å². The van der Waals surface area contributed by atoms with Gasteiger partial charge in [-0.1, -0.05) is 6.07 Å². The molecule has 3 nitrogen and oxygen atoms in total. The summed E-state index contributed by atoms with van der Waals surface area (Å²) in [7, 11) is 0. The fourth-order valence-electron chi connectivity index (χ4n) is 2.98. The molecule has 1 aromatic heterocycles. The summed E-state index contributed by atoms with van der Waals surface area (Å²) >= 11 is 0. The monoisotopic (exact) mass is 279 g/mol. The van der Waals surface area contributed by atoms with Crippen molar-refractivity contribution < 1.29 is 0 Å². The zero-order valence-corrected chi connectivity index (χ0v) is 12.5. The van der Waals surface area contributed by atoms with Crippen LogP contribution in [0.15, 0.2) is 30.3 Å². The van der Waals surface area contributed by atoms with Gasteiger partial charge in [0.05, 0.1) is 11.6 Å². The van der Waals surface area contributed by atoms with E-state index in [9.17, 15) is 0 Å². The number of anilines is 1. The number of hydrogen-bond acceptors (Lipinski definition) is 3. The number of fused-ring (bicyclic) bond motifs is 1. The molecule has 0 radical (unpaired) electrons. The number of nitrogens with zero attached hydrogens (tertiary/aromatic N) is 3. The van der Waals surface area contributed by atoms with Crippen LogP contribution in [0.25, 0.3) is 10.9 Å². The van der Waals surface area contributed by atoms with Gasteiger partial charge in [0.25, 0.3) is 0 Å². The molecule has 0 saturated carbocycles. The Morgan fingerprint density at radius 1 is 1.19 bits per heavy atom. The predicted octanol–water partition coefficient (Wildman–Crippen LogP) is 3.93. The number of aromatic nitrogens is 1. The minimum Gasteiger partial charge on any atom is -0.372 e. The average molecular weight is 279 g/mol. The summed E-state index contributed by atoms with van der Waals surface area (Å²) < 4.78 is 0. The second kappa shape index (κ2) is 6.13. The highest BCUT2D eigenvalue weighted by Gasteiger charge is 2.11. The standard InChI is InChI=1S/C18H21N3/c1-14(13-19)11-16-6-5-15-12-17(7-8-18(15)20-16)21-9-3-2-4-10-21/h5-8,12,14H,2-4,9-11H2,1H3. The molecule has 3 rings (SSSR count). The minimum absolute atomic E-state index is 0.0163. The van der Waals surface area contributed by atoms with Crippen LogP contribution in [0.1, 0.15) is 31.9 Å². The van der Waals surface area contributed by atoms with Crippen LogP contribution in [0.4, 0.5) is 5.69 Å². The molecule has 108 valence electrons. The molecule has 21 heavy (non-hydrogen) atoms. The second-order valence-electron chi connectivity index (χ2n) is 5.96. The van der Waals surface area contributed by atoms with E-state index in [0.717, 1.165) is 30.7 Å². The smallest absolute Gasteiger partial charge is 0.0706 e. The Bertz CT molecular complexity index is 666. The zero-order chi connectivity index (χ0) is 14.7. The molecule has 1 aliphatic heterocycles. The predicted molar refractivity (Wildman–Crippen MR) is 86.3 cm³/mol. The van der Waals surface area contributed by atoms with Crippen LogP contribution in [0.5, 0.6) is 0 Å². The minimum atomic E-state index is 0.0163. The molecule has 3 heteroatoms. The highest BCUT2D eigenvalue weighted by Crippen LogP contribution is 2.24. The first kappa shape index (κ1) is 13.9. The summed E-state index contributed by atoms with van der Waals surface area (Å²) in [6, 6.07) is 13.0. The van der Waals surface area contributed by atoms with Crippen molar-refractivity contribution in [2.45, 2.75) is 32.6 Å². The molecule has 2 heterocycles. The van der Waals surface area contributed by atoms with Gasteiger partial charge >= 0.3 is 0 Å². The molecule has 1 aromatic carbocycles. The third-order valence-corrected chi connectivity index (χ3v) is 4.19. The lowest BCUT2D eigenvalue weighted by atomic mass is 10.1. The molecule has 2 aromatic rings.